The third-order valence-corrected chi connectivity index (χ3v) is 3.44. The van der Waals surface area contributed by atoms with Crippen LogP contribution in [0.3, 0.4) is 0 Å². The van der Waals surface area contributed by atoms with Gasteiger partial charge >= 0.3 is 0 Å². The van der Waals surface area contributed by atoms with Gasteiger partial charge in [0.25, 0.3) is 5.56 Å². The van der Waals surface area contributed by atoms with E-state index in [9.17, 15) is 4.79 Å². The molecule has 3 aliphatic rings. The van der Waals surface area contributed by atoms with E-state index in [-0.39, 0.29) is 5.56 Å². The van der Waals surface area contributed by atoms with Crippen molar-refractivity contribution in [1.29, 1.82) is 0 Å². The minimum atomic E-state index is 0.0967. The van der Waals surface area contributed by atoms with Gasteiger partial charge in [-0.1, -0.05) is 0 Å². The minimum Gasteiger partial charge on any atom is -0.313 e. The summed E-state index contributed by atoms with van der Waals surface area (Å²) in [4.78, 5) is 18.5. The molecule has 0 saturated heterocycles. The third-order valence-electron chi connectivity index (χ3n) is 3.44. The maximum Gasteiger partial charge on any atom is 0.254 e. The van der Waals surface area contributed by atoms with E-state index in [1.165, 1.54) is 25.7 Å². The SMILES string of the molecule is O=c1[nH]cnc2c1C1CCC2CC1. The maximum atomic E-state index is 11.6. The first-order valence-corrected chi connectivity index (χ1v) is 4.93. The van der Waals surface area contributed by atoms with Crippen LogP contribution in [-0.2, 0) is 0 Å². The molecule has 0 radical (unpaired) electrons. The van der Waals surface area contributed by atoms with Crippen molar-refractivity contribution in [2.24, 2.45) is 0 Å². The molecule has 0 spiro atoms. The Balaban J connectivity index is 2.29. The Morgan fingerprint density at radius 3 is 2.62 bits per heavy atom. The average Bonchev–Trinajstić information content (AvgIpc) is 2.20. The van der Waals surface area contributed by atoms with E-state index in [0.29, 0.717) is 11.8 Å². The predicted octanol–water partition coefficient (Wildman–Crippen LogP) is 1.52. The fourth-order valence-electron chi connectivity index (χ4n) is 2.80. The van der Waals surface area contributed by atoms with E-state index in [1.807, 2.05) is 0 Å². The smallest absolute Gasteiger partial charge is 0.254 e. The molecule has 0 atom stereocenters. The second-order valence-electron chi connectivity index (χ2n) is 4.08. The lowest BCUT2D eigenvalue weighted by molar-refractivity contribution is 0.347. The van der Waals surface area contributed by atoms with Crippen LogP contribution in [-0.4, -0.2) is 9.97 Å². The summed E-state index contributed by atoms with van der Waals surface area (Å²) in [5.74, 6) is 1.07. The first-order chi connectivity index (χ1) is 6.36. The van der Waals surface area contributed by atoms with Crippen LogP contribution in [0, 0.1) is 0 Å². The number of hydrogen-bond donors (Lipinski definition) is 1. The fourth-order valence-corrected chi connectivity index (χ4v) is 2.80. The van der Waals surface area contributed by atoms with Crippen LogP contribution >= 0.6 is 0 Å². The molecule has 4 rings (SSSR count). The highest BCUT2D eigenvalue weighted by Gasteiger charge is 2.35. The molecule has 1 aromatic heterocycles. The average molecular weight is 176 g/mol. The van der Waals surface area contributed by atoms with Crippen LogP contribution in [0.25, 0.3) is 0 Å². The van der Waals surface area contributed by atoms with Gasteiger partial charge in [0.15, 0.2) is 0 Å². The van der Waals surface area contributed by atoms with E-state index < -0.39 is 0 Å². The standard InChI is InChI=1S/C10H12N2O/c13-10-8-6-1-3-7(4-2-6)9(8)11-5-12-10/h5-7H,1-4H2,(H,11,12,13). The zero-order valence-corrected chi connectivity index (χ0v) is 7.42. The molecule has 2 bridgehead atoms. The quantitative estimate of drug-likeness (QED) is 0.651. The Morgan fingerprint density at radius 1 is 1.23 bits per heavy atom. The number of rotatable bonds is 0. The number of nitrogens with one attached hydrogen (secondary N) is 1. The van der Waals surface area contributed by atoms with Crippen molar-refractivity contribution in [2.45, 2.75) is 37.5 Å². The second kappa shape index (κ2) is 2.44. The van der Waals surface area contributed by atoms with Gasteiger partial charge in [0, 0.05) is 11.5 Å². The van der Waals surface area contributed by atoms with E-state index >= 15 is 0 Å². The van der Waals surface area contributed by atoms with Crippen molar-refractivity contribution in [3.05, 3.63) is 27.9 Å². The molecule has 3 heteroatoms. The lowest BCUT2D eigenvalue weighted by atomic mass is 9.69. The topological polar surface area (TPSA) is 45.8 Å². The summed E-state index contributed by atoms with van der Waals surface area (Å²) in [5.41, 5.74) is 2.18. The largest absolute Gasteiger partial charge is 0.313 e. The van der Waals surface area contributed by atoms with Gasteiger partial charge in [0.05, 0.1) is 12.0 Å². The summed E-state index contributed by atoms with van der Waals surface area (Å²) in [6.07, 6.45) is 6.38. The molecule has 1 heterocycles. The van der Waals surface area contributed by atoms with E-state index in [2.05, 4.69) is 9.97 Å². The van der Waals surface area contributed by atoms with Gasteiger partial charge < -0.3 is 4.98 Å². The number of aromatic amines is 1. The Labute approximate surface area is 76.2 Å². The molecular formula is C10H12N2O. The molecule has 1 saturated carbocycles. The van der Waals surface area contributed by atoms with Crippen LogP contribution < -0.4 is 5.56 Å². The second-order valence-corrected chi connectivity index (χ2v) is 4.08. The van der Waals surface area contributed by atoms with Gasteiger partial charge in [0.1, 0.15) is 0 Å². The molecule has 0 amide bonds. The molecule has 68 valence electrons. The molecule has 1 aromatic rings. The van der Waals surface area contributed by atoms with Gasteiger partial charge in [-0.3, -0.25) is 4.79 Å². The maximum absolute atomic E-state index is 11.6. The highest BCUT2D eigenvalue weighted by molar-refractivity contribution is 5.30. The first kappa shape index (κ1) is 7.30. The Hall–Kier alpha value is -1.12. The number of nitrogens with zero attached hydrogens (tertiary/aromatic N) is 1. The van der Waals surface area contributed by atoms with Crippen LogP contribution in [0.5, 0.6) is 0 Å². The van der Waals surface area contributed by atoms with Crippen LogP contribution in [0.2, 0.25) is 0 Å². The summed E-state index contributed by atoms with van der Waals surface area (Å²) < 4.78 is 0. The fraction of sp³-hybridized carbons (Fsp3) is 0.600. The van der Waals surface area contributed by atoms with Crippen molar-refractivity contribution in [3.8, 4) is 0 Å². The first-order valence-electron chi connectivity index (χ1n) is 4.93. The Morgan fingerprint density at radius 2 is 1.92 bits per heavy atom. The van der Waals surface area contributed by atoms with Crippen LogP contribution in [0.15, 0.2) is 11.1 Å². The van der Waals surface area contributed by atoms with E-state index in [1.54, 1.807) is 6.33 Å². The minimum absolute atomic E-state index is 0.0967. The van der Waals surface area contributed by atoms with Crippen molar-refractivity contribution in [3.63, 3.8) is 0 Å². The van der Waals surface area contributed by atoms with Crippen molar-refractivity contribution < 1.29 is 0 Å². The van der Waals surface area contributed by atoms with Crippen molar-refractivity contribution in [2.75, 3.05) is 0 Å². The lowest BCUT2D eigenvalue weighted by Crippen LogP contribution is -2.30. The molecule has 0 aromatic carbocycles. The summed E-state index contributed by atoms with van der Waals surface area (Å²) in [6, 6.07) is 0. The van der Waals surface area contributed by atoms with E-state index in [0.717, 1.165) is 11.3 Å². The molecule has 3 aliphatic carbocycles. The predicted molar refractivity (Wildman–Crippen MR) is 48.8 cm³/mol. The summed E-state index contributed by atoms with van der Waals surface area (Å²) in [6.45, 7) is 0. The van der Waals surface area contributed by atoms with Crippen LogP contribution in [0.1, 0.15) is 48.8 Å². The normalized spacial score (nSPS) is 30.2. The van der Waals surface area contributed by atoms with Crippen molar-refractivity contribution in [1.82, 2.24) is 9.97 Å². The molecule has 1 N–H and O–H groups in total. The molecule has 0 unspecified atom stereocenters. The number of hydrogen-bond acceptors (Lipinski definition) is 2. The van der Waals surface area contributed by atoms with Crippen molar-refractivity contribution >= 4 is 0 Å². The Kier molecular flexibility index (Phi) is 1.37. The molecule has 1 fully saturated rings. The number of aromatic nitrogens is 2. The summed E-state index contributed by atoms with van der Waals surface area (Å²) >= 11 is 0. The van der Waals surface area contributed by atoms with Gasteiger partial charge in [-0.05, 0) is 31.6 Å². The van der Waals surface area contributed by atoms with E-state index in [4.69, 9.17) is 0 Å². The third kappa shape index (κ3) is 0.900. The lowest BCUT2D eigenvalue weighted by Gasteiger charge is -2.35. The summed E-state index contributed by atoms with van der Waals surface area (Å²) in [5, 5.41) is 0. The summed E-state index contributed by atoms with van der Waals surface area (Å²) in [7, 11) is 0. The molecule has 0 aliphatic heterocycles. The number of H-pyrrole nitrogens is 1. The molecule has 3 nitrogen and oxygen atoms in total. The highest BCUT2D eigenvalue weighted by atomic mass is 16.1. The Bertz CT molecular complexity index is 388. The molecule has 13 heavy (non-hydrogen) atoms. The van der Waals surface area contributed by atoms with Gasteiger partial charge in [-0.25, -0.2) is 4.98 Å². The zero-order valence-electron chi connectivity index (χ0n) is 7.42. The molecular weight excluding hydrogens is 164 g/mol. The number of fused-ring (bicyclic) bond motifs is 2. The van der Waals surface area contributed by atoms with Gasteiger partial charge in [0.2, 0.25) is 0 Å². The van der Waals surface area contributed by atoms with Gasteiger partial charge in [-0.15, -0.1) is 0 Å². The van der Waals surface area contributed by atoms with Gasteiger partial charge in [-0.2, -0.15) is 0 Å². The van der Waals surface area contributed by atoms with Crippen LogP contribution in [0.4, 0.5) is 0 Å². The zero-order chi connectivity index (χ0) is 8.84. The highest BCUT2D eigenvalue weighted by Crippen LogP contribution is 2.46. The monoisotopic (exact) mass is 176 g/mol.